The van der Waals surface area contributed by atoms with Gasteiger partial charge in [0.15, 0.2) is 6.10 Å². The van der Waals surface area contributed by atoms with E-state index in [1.807, 2.05) is 53.7 Å². The lowest BCUT2D eigenvalue weighted by Crippen LogP contribution is -2.33. The standard InChI is InChI=1S/C17H26O4/c1-12(15(18)21-17(5,6)7)19-13-8-10-14(11-9-13)20-16(2,3)4/h8-12H,1-7H3/t12-/m1/s1. The Hall–Kier alpha value is -1.71. The summed E-state index contributed by atoms with van der Waals surface area (Å²) in [6, 6.07) is 7.20. The second-order valence-electron chi connectivity index (χ2n) is 6.98. The van der Waals surface area contributed by atoms with Crippen molar-refractivity contribution >= 4 is 5.97 Å². The first-order valence-electron chi connectivity index (χ1n) is 7.15. The Morgan fingerprint density at radius 3 is 1.81 bits per heavy atom. The van der Waals surface area contributed by atoms with Gasteiger partial charge in [0.2, 0.25) is 0 Å². The van der Waals surface area contributed by atoms with Crippen LogP contribution in [-0.2, 0) is 9.53 Å². The molecule has 0 unspecified atom stereocenters. The lowest BCUT2D eigenvalue weighted by molar-refractivity contribution is -0.162. The average Bonchev–Trinajstić information content (AvgIpc) is 2.27. The Morgan fingerprint density at radius 2 is 1.38 bits per heavy atom. The molecule has 0 heterocycles. The molecule has 0 saturated carbocycles. The van der Waals surface area contributed by atoms with Gasteiger partial charge in [0.1, 0.15) is 22.7 Å². The fraction of sp³-hybridized carbons (Fsp3) is 0.588. The fourth-order valence-corrected chi connectivity index (χ4v) is 1.58. The lowest BCUT2D eigenvalue weighted by Gasteiger charge is -2.23. The molecular weight excluding hydrogens is 268 g/mol. The van der Waals surface area contributed by atoms with Crippen LogP contribution in [0, 0.1) is 0 Å². The summed E-state index contributed by atoms with van der Waals surface area (Å²) in [7, 11) is 0. The minimum Gasteiger partial charge on any atom is -0.488 e. The highest BCUT2D eigenvalue weighted by Crippen LogP contribution is 2.22. The maximum atomic E-state index is 11.8. The van der Waals surface area contributed by atoms with E-state index in [0.717, 1.165) is 5.75 Å². The van der Waals surface area contributed by atoms with Crippen molar-refractivity contribution in [1.29, 1.82) is 0 Å². The molecule has 0 aliphatic heterocycles. The Balaban J connectivity index is 2.61. The van der Waals surface area contributed by atoms with E-state index in [1.165, 1.54) is 0 Å². The number of carbonyl (C=O) groups excluding carboxylic acids is 1. The molecule has 1 aromatic carbocycles. The average molecular weight is 294 g/mol. The van der Waals surface area contributed by atoms with Gasteiger partial charge >= 0.3 is 5.97 Å². The second-order valence-corrected chi connectivity index (χ2v) is 6.98. The zero-order valence-corrected chi connectivity index (χ0v) is 14.0. The van der Waals surface area contributed by atoms with Crippen molar-refractivity contribution in [3.05, 3.63) is 24.3 Å². The van der Waals surface area contributed by atoms with E-state index in [9.17, 15) is 4.79 Å². The zero-order valence-electron chi connectivity index (χ0n) is 14.0. The summed E-state index contributed by atoms with van der Waals surface area (Å²) in [6.07, 6.45) is -0.654. The fourth-order valence-electron chi connectivity index (χ4n) is 1.58. The van der Waals surface area contributed by atoms with Gasteiger partial charge in [0, 0.05) is 0 Å². The highest BCUT2D eigenvalue weighted by Gasteiger charge is 2.23. The quantitative estimate of drug-likeness (QED) is 0.788. The molecule has 21 heavy (non-hydrogen) atoms. The van der Waals surface area contributed by atoms with E-state index in [2.05, 4.69) is 0 Å². The van der Waals surface area contributed by atoms with Gasteiger partial charge < -0.3 is 14.2 Å². The molecule has 1 rings (SSSR count). The van der Waals surface area contributed by atoms with Crippen LogP contribution in [0.15, 0.2) is 24.3 Å². The normalized spacial score (nSPS) is 13.5. The van der Waals surface area contributed by atoms with Crippen LogP contribution in [-0.4, -0.2) is 23.3 Å². The van der Waals surface area contributed by atoms with Gasteiger partial charge in [0.25, 0.3) is 0 Å². The molecule has 0 radical (unpaired) electrons. The summed E-state index contributed by atoms with van der Waals surface area (Å²) in [5.74, 6) is 0.993. The number of rotatable bonds is 4. The van der Waals surface area contributed by atoms with E-state index in [0.29, 0.717) is 5.75 Å². The molecule has 118 valence electrons. The summed E-state index contributed by atoms with van der Waals surface area (Å²) in [6.45, 7) is 13.1. The third-order valence-corrected chi connectivity index (χ3v) is 2.30. The minimum absolute atomic E-state index is 0.244. The van der Waals surface area contributed by atoms with Crippen LogP contribution >= 0.6 is 0 Å². The van der Waals surface area contributed by atoms with E-state index in [-0.39, 0.29) is 11.6 Å². The maximum Gasteiger partial charge on any atom is 0.347 e. The molecule has 0 spiro atoms. The van der Waals surface area contributed by atoms with Crippen LogP contribution in [0.4, 0.5) is 0 Å². The van der Waals surface area contributed by atoms with Crippen LogP contribution < -0.4 is 9.47 Å². The predicted octanol–water partition coefficient (Wildman–Crippen LogP) is 3.97. The third kappa shape index (κ3) is 7.02. The van der Waals surface area contributed by atoms with Gasteiger partial charge in [-0.1, -0.05) is 0 Å². The number of hydrogen-bond donors (Lipinski definition) is 0. The first kappa shape index (κ1) is 17.3. The summed E-state index contributed by atoms with van der Waals surface area (Å²) >= 11 is 0. The number of ether oxygens (including phenoxy) is 3. The van der Waals surface area contributed by atoms with E-state index in [4.69, 9.17) is 14.2 Å². The van der Waals surface area contributed by atoms with Crippen molar-refractivity contribution in [2.45, 2.75) is 65.8 Å². The Kier molecular flexibility index (Phi) is 5.26. The number of esters is 1. The van der Waals surface area contributed by atoms with Crippen LogP contribution in [0.1, 0.15) is 48.5 Å². The summed E-state index contributed by atoms with van der Waals surface area (Å²) in [5.41, 5.74) is -0.759. The van der Waals surface area contributed by atoms with E-state index < -0.39 is 11.7 Å². The Labute approximate surface area is 127 Å². The summed E-state index contributed by atoms with van der Waals surface area (Å²) < 4.78 is 16.6. The summed E-state index contributed by atoms with van der Waals surface area (Å²) in [5, 5.41) is 0. The van der Waals surface area contributed by atoms with E-state index >= 15 is 0 Å². The van der Waals surface area contributed by atoms with Gasteiger partial charge in [-0.05, 0) is 72.7 Å². The Bertz CT molecular complexity index is 463. The lowest BCUT2D eigenvalue weighted by atomic mass is 10.2. The molecule has 0 fully saturated rings. The van der Waals surface area contributed by atoms with Crippen molar-refractivity contribution in [3.63, 3.8) is 0 Å². The summed E-state index contributed by atoms with van der Waals surface area (Å²) in [4.78, 5) is 11.8. The first-order valence-corrected chi connectivity index (χ1v) is 7.15. The molecule has 4 nitrogen and oxygen atoms in total. The molecule has 0 bridgehead atoms. The SMILES string of the molecule is C[C@@H](Oc1ccc(OC(C)(C)C)cc1)C(=O)OC(C)(C)C. The third-order valence-electron chi connectivity index (χ3n) is 2.30. The molecule has 0 saturated heterocycles. The van der Waals surface area contributed by atoms with Gasteiger partial charge in [-0.15, -0.1) is 0 Å². The highest BCUT2D eigenvalue weighted by molar-refractivity contribution is 5.75. The molecule has 1 atom stereocenters. The van der Waals surface area contributed by atoms with Crippen molar-refractivity contribution in [1.82, 2.24) is 0 Å². The predicted molar refractivity (Wildman–Crippen MR) is 82.8 cm³/mol. The van der Waals surface area contributed by atoms with Gasteiger partial charge in [0.05, 0.1) is 0 Å². The molecule has 0 aromatic heterocycles. The monoisotopic (exact) mass is 294 g/mol. The van der Waals surface area contributed by atoms with Crippen LogP contribution in [0.5, 0.6) is 11.5 Å². The van der Waals surface area contributed by atoms with Crippen molar-refractivity contribution in [2.24, 2.45) is 0 Å². The molecule has 1 aromatic rings. The maximum absolute atomic E-state index is 11.8. The van der Waals surface area contributed by atoms with Crippen LogP contribution in [0.25, 0.3) is 0 Å². The van der Waals surface area contributed by atoms with Crippen molar-refractivity contribution < 1.29 is 19.0 Å². The van der Waals surface area contributed by atoms with Crippen molar-refractivity contribution in [3.8, 4) is 11.5 Å². The molecule has 0 aliphatic rings. The molecule has 4 heteroatoms. The zero-order chi connectivity index (χ0) is 16.3. The van der Waals surface area contributed by atoms with Crippen LogP contribution in [0.3, 0.4) is 0 Å². The molecule has 0 aliphatic carbocycles. The van der Waals surface area contributed by atoms with E-state index in [1.54, 1.807) is 19.1 Å². The van der Waals surface area contributed by atoms with Crippen molar-refractivity contribution in [2.75, 3.05) is 0 Å². The smallest absolute Gasteiger partial charge is 0.347 e. The molecule has 0 amide bonds. The second kappa shape index (κ2) is 6.37. The number of carbonyl (C=O) groups is 1. The first-order chi connectivity index (χ1) is 9.46. The molecular formula is C17H26O4. The minimum atomic E-state index is -0.654. The highest BCUT2D eigenvalue weighted by atomic mass is 16.6. The number of hydrogen-bond acceptors (Lipinski definition) is 4. The largest absolute Gasteiger partial charge is 0.488 e. The van der Waals surface area contributed by atoms with Gasteiger partial charge in [-0.25, -0.2) is 4.79 Å². The van der Waals surface area contributed by atoms with Gasteiger partial charge in [-0.2, -0.15) is 0 Å². The molecule has 0 N–H and O–H groups in total. The van der Waals surface area contributed by atoms with Gasteiger partial charge in [-0.3, -0.25) is 0 Å². The number of benzene rings is 1. The topological polar surface area (TPSA) is 44.8 Å². The Morgan fingerprint density at radius 1 is 0.905 bits per heavy atom. The van der Waals surface area contributed by atoms with Crippen LogP contribution in [0.2, 0.25) is 0 Å².